The summed E-state index contributed by atoms with van der Waals surface area (Å²) < 4.78 is 12.7. The molecule has 1 nitrogen and oxygen atoms in total. The zero-order chi connectivity index (χ0) is 7.49. The molecule has 0 bridgehead atoms. The summed E-state index contributed by atoms with van der Waals surface area (Å²) in [6.45, 7) is 8.09. The van der Waals surface area contributed by atoms with Crippen molar-refractivity contribution in [3.05, 3.63) is 0 Å². The van der Waals surface area contributed by atoms with Crippen molar-refractivity contribution in [1.82, 2.24) is 5.12 Å². The first-order valence-electron chi connectivity index (χ1n) is 3.42. The van der Waals surface area contributed by atoms with Crippen LogP contribution in [0.4, 0.5) is 4.48 Å². The molecule has 0 saturated carbocycles. The molecule has 0 N–H and O–H groups in total. The third-order valence-electron chi connectivity index (χ3n) is 1.15. The molecule has 10 heavy (non-hydrogen) atoms. The number of nitrogens with zero attached hydrogens (tertiary/aromatic N) is 1. The quantitative estimate of drug-likeness (QED) is 0.575. The molecule has 0 atom stereocenters. The van der Waals surface area contributed by atoms with Crippen molar-refractivity contribution in [3.8, 4) is 0 Å². The molecule has 0 fully saturated rings. The van der Waals surface area contributed by atoms with Crippen molar-refractivity contribution in [3.63, 3.8) is 0 Å². The van der Waals surface area contributed by atoms with Gasteiger partial charge in [0.05, 0.1) is 0 Å². The van der Waals surface area contributed by atoms with E-state index in [1.165, 1.54) is 0 Å². The maximum Gasteiger partial charge on any atom is 0.0428 e. The number of halogens is 2. The lowest BCUT2D eigenvalue weighted by molar-refractivity contribution is -0.0588. The summed E-state index contributed by atoms with van der Waals surface area (Å²) in [6, 6.07) is 0. The van der Waals surface area contributed by atoms with E-state index in [1.807, 2.05) is 27.7 Å². The van der Waals surface area contributed by atoms with Crippen LogP contribution in [0.5, 0.6) is 0 Å². The Labute approximate surface area is 68.9 Å². The van der Waals surface area contributed by atoms with Gasteiger partial charge in [-0.05, 0) is 27.2 Å². The van der Waals surface area contributed by atoms with Crippen LogP contribution < -0.4 is 0 Å². The van der Waals surface area contributed by atoms with Crippen LogP contribution in [0.25, 0.3) is 0 Å². The zero-order valence-electron chi connectivity index (χ0n) is 7.15. The lowest BCUT2D eigenvalue weighted by Gasteiger charge is -2.25. The average Bonchev–Trinajstić information content (AvgIpc) is 1.64. The van der Waals surface area contributed by atoms with Gasteiger partial charge in [0.25, 0.3) is 0 Å². The zero-order valence-corrected chi connectivity index (χ0v) is 7.96. The van der Waals surface area contributed by atoms with Gasteiger partial charge in [-0.25, -0.2) is 0 Å². The number of rotatable bonds is 2. The van der Waals surface area contributed by atoms with Gasteiger partial charge in [0.2, 0.25) is 0 Å². The second kappa shape index (κ2) is 4.91. The predicted molar refractivity (Wildman–Crippen MR) is 45.1 cm³/mol. The first-order chi connectivity index (χ1) is 3.98. The highest BCUT2D eigenvalue weighted by Crippen LogP contribution is 2.12. The summed E-state index contributed by atoms with van der Waals surface area (Å²) in [7, 11) is 0. The van der Waals surface area contributed by atoms with Crippen molar-refractivity contribution >= 4 is 12.4 Å². The van der Waals surface area contributed by atoms with Gasteiger partial charge in [-0.2, -0.15) is 0 Å². The summed E-state index contributed by atoms with van der Waals surface area (Å²) in [5.41, 5.74) is -0.323. The topological polar surface area (TPSA) is 3.24 Å². The summed E-state index contributed by atoms with van der Waals surface area (Å²) in [6.07, 6.45) is 0.869. The maximum absolute atomic E-state index is 12.7. The van der Waals surface area contributed by atoms with Gasteiger partial charge in [0.15, 0.2) is 0 Å². The summed E-state index contributed by atoms with van der Waals surface area (Å²) in [5.74, 6) is 0. The minimum absolute atomic E-state index is 0. The largest absolute Gasteiger partial charge is 0.147 e. The molecule has 0 aliphatic heterocycles. The molecule has 0 aliphatic carbocycles. The molecule has 0 aromatic heterocycles. The van der Waals surface area contributed by atoms with Crippen LogP contribution in [0.3, 0.4) is 0 Å². The number of hydrogen-bond donors (Lipinski definition) is 0. The Bertz CT molecular complexity index is 80.2. The maximum atomic E-state index is 12.7. The Morgan fingerprint density at radius 1 is 1.30 bits per heavy atom. The third-order valence-corrected chi connectivity index (χ3v) is 1.15. The molecule has 0 aromatic carbocycles. The Morgan fingerprint density at radius 2 is 1.70 bits per heavy atom. The molecule has 0 amide bonds. The molecule has 0 radical (unpaired) electrons. The molecule has 0 aliphatic rings. The summed E-state index contributed by atoms with van der Waals surface area (Å²) in [4.78, 5) is 0. The van der Waals surface area contributed by atoms with Gasteiger partial charge in [-0.3, -0.25) is 0 Å². The van der Waals surface area contributed by atoms with Gasteiger partial charge >= 0.3 is 0 Å². The van der Waals surface area contributed by atoms with Crippen LogP contribution in [0, 0.1) is 0 Å². The smallest absolute Gasteiger partial charge is 0.0428 e. The van der Waals surface area contributed by atoms with Gasteiger partial charge in [0.1, 0.15) is 0 Å². The van der Waals surface area contributed by atoms with Gasteiger partial charge in [0, 0.05) is 12.1 Å². The van der Waals surface area contributed by atoms with Crippen LogP contribution in [-0.4, -0.2) is 17.2 Å². The molecular formula is C7H17ClFN. The van der Waals surface area contributed by atoms with Crippen LogP contribution in [0.2, 0.25) is 0 Å². The van der Waals surface area contributed by atoms with E-state index < -0.39 is 0 Å². The third kappa shape index (κ3) is 5.00. The molecular weight excluding hydrogens is 153 g/mol. The fourth-order valence-corrected chi connectivity index (χ4v) is 0.532. The standard InChI is InChI=1S/C7H16FN.ClH/c1-5-6-9(8)7(2,3)4;/h5-6H2,1-4H3;1H. The van der Waals surface area contributed by atoms with Crippen LogP contribution in [-0.2, 0) is 0 Å². The van der Waals surface area contributed by atoms with Crippen molar-refractivity contribution in [2.75, 3.05) is 6.54 Å². The Balaban J connectivity index is 0. The average molecular weight is 170 g/mol. The summed E-state index contributed by atoms with van der Waals surface area (Å²) >= 11 is 0. The Kier molecular flexibility index (Phi) is 6.30. The highest BCUT2D eigenvalue weighted by Gasteiger charge is 2.19. The number of hydrogen-bond acceptors (Lipinski definition) is 1. The molecule has 0 aromatic rings. The first kappa shape index (κ1) is 12.8. The summed E-state index contributed by atoms with van der Waals surface area (Å²) in [5, 5.41) is 0.868. The Hall–Kier alpha value is 0.180. The van der Waals surface area contributed by atoms with E-state index in [2.05, 4.69) is 0 Å². The van der Waals surface area contributed by atoms with Crippen LogP contribution >= 0.6 is 12.4 Å². The lowest BCUT2D eigenvalue weighted by Crippen LogP contribution is -2.35. The van der Waals surface area contributed by atoms with Gasteiger partial charge < -0.3 is 0 Å². The normalized spacial score (nSPS) is 11.4. The van der Waals surface area contributed by atoms with Crippen molar-refractivity contribution in [2.24, 2.45) is 0 Å². The van der Waals surface area contributed by atoms with Crippen LogP contribution in [0.15, 0.2) is 0 Å². The minimum Gasteiger partial charge on any atom is -0.147 e. The van der Waals surface area contributed by atoms with Gasteiger partial charge in [-0.1, -0.05) is 6.92 Å². The Morgan fingerprint density at radius 3 is 1.80 bits per heavy atom. The van der Waals surface area contributed by atoms with E-state index in [4.69, 9.17) is 0 Å². The predicted octanol–water partition coefficient (Wildman–Crippen LogP) is 2.80. The second-order valence-electron chi connectivity index (χ2n) is 3.26. The van der Waals surface area contributed by atoms with Crippen molar-refractivity contribution in [1.29, 1.82) is 0 Å². The van der Waals surface area contributed by atoms with E-state index in [0.29, 0.717) is 6.54 Å². The lowest BCUT2D eigenvalue weighted by atomic mass is 10.1. The molecule has 0 rings (SSSR count). The molecule has 64 valence electrons. The van der Waals surface area contributed by atoms with Crippen LogP contribution in [0.1, 0.15) is 34.1 Å². The minimum atomic E-state index is -0.323. The van der Waals surface area contributed by atoms with E-state index in [0.717, 1.165) is 11.5 Å². The van der Waals surface area contributed by atoms with E-state index in [9.17, 15) is 4.48 Å². The highest BCUT2D eigenvalue weighted by atomic mass is 35.5. The van der Waals surface area contributed by atoms with Crippen molar-refractivity contribution < 1.29 is 4.48 Å². The van der Waals surface area contributed by atoms with E-state index in [1.54, 1.807) is 0 Å². The monoisotopic (exact) mass is 169 g/mol. The van der Waals surface area contributed by atoms with E-state index in [-0.39, 0.29) is 17.9 Å². The molecule has 0 saturated heterocycles. The fourth-order valence-electron chi connectivity index (χ4n) is 0.532. The molecule has 0 spiro atoms. The SMILES string of the molecule is CCCN(F)C(C)(C)C.Cl. The molecule has 3 heteroatoms. The highest BCUT2D eigenvalue weighted by molar-refractivity contribution is 5.85. The van der Waals surface area contributed by atoms with E-state index >= 15 is 0 Å². The molecule has 0 heterocycles. The van der Waals surface area contributed by atoms with Crippen molar-refractivity contribution in [2.45, 2.75) is 39.7 Å². The first-order valence-corrected chi connectivity index (χ1v) is 3.42. The van der Waals surface area contributed by atoms with Gasteiger partial charge in [-0.15, -0.1) is 22.0 Å². The fraction of sp³-hybridized carbons (Fsp3) is 1.00. The molecule has 0 unspecified atom stereocenters. The second-order valence-corrected chi connectivity index (χ2v) is 3.26.